The summed E-state index contributed by atoms with van der Waals surface area (Å²) in [5.74, 6) is -0.660. The van der Waals surface area contributed by atoms with Crippen LogP contribution in [0.4, 0.5) is 0 Å². The molecule has 0 radical (unpaired) electrons. The monoisotopic (exact) mass is 226 g/mol. The van der Waals surface area contributed by atoms with E-state index in [2.05, 4.69) is 0 Å². The summed E-state index contributed by atoms with van der Waals surface area (Å²) < 4.78 is 4.99. The Labute approximate surface area is 97.5 Å². The number of hydrogen-bond donors (Lipinski definition) is 0. The van der Waals surface area contributed by atoms with Crippen LogP contribution in [0.2, 0.25) is 0 Å². The molecule has 1 unspecified atom stereocenters. The number of ketones is 1. The van der Waals surface area contributed by atoms with Gasteiger partial charge in [-0.15, -0.1) is 0 Å². The molecule has 0 heterocycles. The van der Waals surface area contributed by atoms with Crippen molar-refractivity contribution in [2.24, 2.45) is 17.8 Å². The van der Waals surface area contributed by atoms with Gasteiger partial charge in [0.1, 0.15) is 11.7 Å². The van der Waals surface area contributed by atoms with E-state index in [1.807, 2.05) is 13.8 Å². The van der Waals surface area contributed by atoms with Crippen molar-refractivity contribution in [3.8, 4) is 0 Å². The van der Waals surface area contributed by atoms with Gasteiger partial charge in [-0.05, 0) is 25.7 Å². The molecule has 0 N–H and O–H groups in total. The molecule has 1 atom stereocenters. The Morgan fingerprint density at radius 3 is 2.25 bits per heavy atom. The van der Waals surface area contributed by atoms with E-state index < -0.39 is 5.92 Å². The van der Waals surface area contributed by atoms with Crippen LogP contribution in [0, 0.1) is 17.8 Å². The van der Waals surface area contributed by atoms with E-state index in [9.17, 15) is 9.59 Å². The predicted molar refractivity (Wildman–Crippen MR) is 61.9 cm³/mol. The lowest BCUT2D eigenvalue weighted by molar-refractivity contribution is -0.154. The van der Waals surface area contributed by atoms with Crippen LogP contribution < -0.4 is 0 Å². The summed E-state index contributed by atoms with van der Waals surface area (Å²) >= 11 is 0. The Morgan fingerprint density at radius 2 is 1.81 bits per heavy atom. The number of carbonyl (C=O) groups excluding carboxylic acids is 2. The van der Waals surface area contributed by atoms with E-state index in [4.69, 9.17) is 4.74 Å². The lowest BCUT2D eigenvalue weighted by Crippen LogP contribution is -2.34. The Kier molecular flexibility index (Phi) is 4.97. The fourth-order valence-corrected chi connectivity index (χ4v) is 2.41. The average Bonchev–Trinajstić information content (AvgIpc) is 2.70. The smallest absolute Gasteiger partial charge is 0.316 e. The van der Waals surface area contributed by atoms with Crippen LogP contribution in [-0.2, 0) is 14.3 Å². The van der Waals surface area contributed by atoms with Crippen molar-refractivity contribution in [2.45, 2.75) is 46.5 Å². The molecular weight excluding hydrogens is 204 g/mol. The van der Waals surface area contributed by atoms with E-state index in [-0.39, 0.29) is 23.6 Å². The molecule has 1 aliphatic rings. The normalized spacial score (nSPS) is 18.8. The molecule has 1 saturated carbocycles. The second kappa shape index (κ2) is 6.02. The number of hydrogen-bond acceptors (Lipinski definition) is 3. The van der Waals surface area contributed by atoms with Crippen molar-refractivity contribution in [1.82, 2.24) is 0 Å². The first-order chi connectivity index (χ1) is 7.57. The molecule has 3 heteroatoms. The van der Waals surface area contributed by atoms with Crippen molar-refractivity contribution in [3.05, 3.63) is 0 Å². The van der Waals surface area contributed by atoms with Gasteiger partial charge in [0, 0.05) is 5.92 Å². The summed E-state index contributed by atoms with van der Waals surface area (Å²) in [6, 6.07) is 0. The fraction of sp³-hybridized carbons (Fsp3) is 0.846. The third kappa shape index (κ3) is 3.06. The third-order valence-electron chi connectivity index (χ3n) is 3.27. The second-order valence-electron chi connectivity index (χ2n) is 4.86. The van der Waals surface area contributed by atoms with E-state index in [0.717, 1.165) is 25.7 Å². The van der Waals surface area contributed by atoms with Gasteiger partial charge in [0.15, 0.2) is 0 Å². The first-order valence-electron chi connectivity index (χ1n) is 6.28. The Morgan fingerprint density at radius 1 is 1.25 bits per heavy atom. The number of Topliss-reactive ketones (excluding diaryl/α,β-unsaturated/α-hetero) is 1. The average molecular weight is 226 g/mol. The maximum atomic E-state index is 12.2. The van der Waals surface area contributed by atoms with Gasteiger partial charge < -0.3 is 4.74 Å². The van der Waals surface area contributed by atoms with Crippen molar-refractivity contribution in [1.29, 1.82) is 0 Å². The highest BCUT2D eigenvalue weighted by Gasteiger charge is 2.36. The molecule has 0 aromatic heterocycles. The summed E-state index contributed by atoms with van der Waals surface area (Å²) in [6.07, 6.45) is 4.12. The first kappa shape index (κ1) is 13.2. The molecule has 0 aromatic rings. The number of esters is 1. The molecule has 1 aliphatic carbocycles. The summed E-state index contributed by atoms with van der Waals surface area (Å²) in [7, 11) is 0. The maximum absolute atomic E-state index is 12.2. The highest BCUT2D eigenvalue weighted by molar-refractivity contribution is 6.00. The molecule has 0 aromatic carbocycles. The lowest BCUT2D eigenvalue weighted by Gasteiger charge is -2.20. The summed E-state index contributed by atoms with van der Waals surface area (Å²) in [5, 5.41) is 0. The standard InChI is InChI=1S/C13H22O3/c1-4-16-13(15)11(9(2)3)12(14)10-7-5-6-8-10/h9-11H,4-8H2,1-3H3. The van der Waals surface area contributed by atoms with Crippen LogP contribution in [0.1, 0.15) is 46.5 Å². The topological polar surface area (TPSA) is 43.4 Å². The number of carbonyl (C=O) groups is 2. The minimum atomic E-state index is -0.553. The minimum Gasteiger partial charge on any atom is -0.465 e. The van der Waals surface area contributed by atoms with E-state index >= 15 is 0 Å². The highest BCUT2D eigenvalue weighted by atomic mass is 16.5. The molecule has 3 nitrogen and oxygen atoms in total. The summed E-state index contributed by atoms with van der Waals surface area (Å²) in [4.78, 5) is 23.9. The molecule has 0 spiro atoms. The van der Waals surface area contributed by atoms with Gasteiger partial charge in [-0.1, -0.05) is 26.7 Å². The van der Waals surface area contributed by atoms with Gasteiger partial charge in [0.25, 0.3) is 0 Å². The third-order valence-corrected chi connectivity index (χ3v) is 3.27. The van der Waals surface area contributed by atoms with Crippen LogP contribution in [0.3, 0.4) is 0 Å². The SMILES string of the molecule is CCOC(=O)C(C(=O)C1CCCC1)C(C)C. The molecule has 1 fully saturated rings. The predicted octanol–water partition coefficient (Wildman–Crippen LogP) is 2.58. The molecular formula is C13H22O3. The van der Waals surface area contributed by atoms with Gasteiger partial charge >= 0.3 is 5.97 Å². The van der Waals surface area contributed by atoms with Crippen LogP contribution in [0.25, 0.3) is 0 Å². The molecule has 0 amide bonds. The van der Waals surface area contributed by atoms with Crippen molar-refractivity contribution in [3.63, 3.8) is 0 Å². The molecule has 1 rings (SSSR count). The van der Waals surface area contributed by atoms with E-state index in [0.29, 0.717) is 6.61 Å². The molecule has 16 heavy (non-hydrogen) atoms. The largest absolute Gasteiger partial charge is 0.465 e. The van der Waals surface area contributed by atoms with Crippen LogP contribution >= 0.6 is 0 Å². The molecule has 0 aliphatic heterocycles. The quantitative estimate of drug-likeness (QED) is 0.534. The van der Waals surface area contributed by atoms with Crippen LogP contribution in [0.5, 0.6) is 0 Å². The zero-order valence-electron chi connectivity index (χ0n) is 10.5. The van der Waals surface area contributed by atoms with Gasteiger partial charge in [-0.3, -0.25) is 9.59 Å². The number of rotatable bonds is 5. The molecule has 0 bridgehead atoms. The second-order valence-corrected chi connectivity index (χ2v) is 4.86. The van der Waals surface area contributed by atoms with E-state index in [1.165, 1.54) is 0 Å². The van der Waals surface area contributed by atoms with Crippen molar-refractivity contribution >= 4 is 11.8 Å². The van der Waals surface area contributed by atoms with Gasteiger partial charge in [-0.25, -0.2) is 0 Å². The molecule has 92 valence electrons. The summed E-state index contributed by atoms with van der Waals surface area (Å²) in [6.45, 7) is 5.94. The number of ether oxygens (including phenoxy) is 1. The fourth-order valence-electron chi connectivity index (χ4n) is 2.41. The van der Waals surface area contributed by atoms with Crippen molar-refractivity contribution < 1.29 is 14.3 Å². The minimum absolute atomic E-state index is 0.0344. The van der Waals surface area contributed by atoms with Crippen LogP contribution in [0.15, 0.2) is 0 Å². The highest BCUT2D eigenvalue weighted by Crippen LogP contribution is 2.30. The Balaban J connectivity index is 2.68. The van der Waals surface area contributed by atoms with Crippen LogP contribution in [-0.4, -0.2) is 18.4 Å². The summed E-state index contributed by atoms with van der Waals surface area (Å²) in [5.41, 5.74) is 0. The lowest BCUT2D eigenvalue weighted by atomic mass is 9.84. The molecule has 0 saturated heterocycles. The maximum Gasteiger partial charge on any atom is 0.316 e. The first-order valence-corrected chi connectivity index (χ1v) is 6.28. The zero-order valence-corrected chi connectivity index (χ0v) is 10.5. The van der Waals surface area contributed by atoms with Gasteiger partial charge in [0.05, 0.1) is 6.61 Å². The van der Waals surface area contributed by atoms with Gasteiger partial charge in [-0.2, -0.15) is 0 Å². The van der Waals surface area contributed by atoms with Crippen molar-refractivity contribution in [2.75, 3.05) is 6.61 Å². The van der Waals surface area contributed by atoms with Gasteiger partial charge in [0.2, 0.25) is 0 Å². The Bertz CT molecular complexity index is 252. The zero-order chi connectivity index (χ0) is 12.1. The Hall–Kier alpha value is -0.860. The van der Waals surface area contributed by atoms with E-state index in [1.54, 1.807) is 6.92 Å².